The number of carbonyl (C=O) groups is 1. The van der Waals surface area contributed by atoms with Crippen molar-refractivity contribution in [1.29, 1.82) is 0 Å². The number of benzene rings is 1. The van der Waals surface area contributed by atoms with Crippen LogP contribution in [0.3, 0.4) is 0 Å². The molecule has 30 heavy (non-hydrogen) atoms. The van der Waals surface area contributed by atoms with Crippen LogP contribution >= 0.6 is 11.3 Å². The molecule has 1 aliphatic carbocycles. The number of aliphatic carboxylic acids is 1. The number of nitrogens with one attached hydrogen (secondary N) is 1. The second kappa shape index (κ2) is 9.53. The molecule has 9 heteroatoms. The van der Waals surface area contributed by atoms with Crippen LogP contribution in [0, 0.1) is 0 Å². The summed E-state index contributed by atoms with van der Waals surface area (Å²) in [6.45, 7) is 2.09. The van der Waals surface area contributed by atoms with Gasteiger partial charge in [-0.3, -0.25) is 0 Å². The highest BCUT2D eigenvalue weighted by atomic mass is 32.1. The van der Waals surface area contributed by atoms with Gasteiger partial charge in [0.2, 0.25) is 0 Å². The van der Waals surface area contributed by atoms with Gasteiger partial charge in [-0.05, 0) is 63.9 Å². The summed E-state index contributed by atoms with van der Waals surface area (Å²) in [5, 5.41) is 12.0. The van der Waals surface area contributed by atoms with E-state index in [1.165, 1.54) is 41.3 Å². The van der Waals surface area contributed by atoms with Crippen molar-refractivity contribution in [2.75, 3.05) is 20.6 Å². The van der Waals surface area contributed by atoms with Gasteiger partial charge < -0.3 is 20.1 Å². The van der Waals surface area contributed by atoms with E-state index in [2.05, 4.69) is 42.5 Å². The smallest absolute Gasteiger partial charge is 0.490 e. The molecule has 0 atom stereocenters. The summed E-state index contributed by atoms with van der Waals surface area (Å²) >= 11 is 1.95. The van der Waals surface area contributed by atoms with Crippen LogP contribution in [0.1, 0.15) is 36.1 Å². The van der Waals surface area contributed by atoms with E-state index in [9.17, 15) is 13.2 Å². The van der Waals surface area contributed by atoms with Crippen molar-refractivity contribution < 1.29 is 27.8 Å². The summed E-state index contributed by atoms with van der Waals surface area (Å²) in [7, 11) is 4.38. The molecule has 1 fully saturated rings. The standard InChI is InChI=1S/C19H26N2OS.C2HF3O2/c1-21(2)13-6-8-14(9-7-13)22-16-4-3-5-18-19(16)15-12-20-11-10-17(15)23-18;3-2(4,5)1(6)7/h3-5,13-14,20H,6-12H2,1-2H3;(H,6,7). The first kappa shape index (κ1) is 22.8. The van der Waals surface area contributed by atoms with Crippen LogP contribution in [0.2, 0.25) is 0 Å². The van der Waals surface area contributed by atoms with Crippen LogP contribution < -0.4 is 10.1 Å². The Balaban J connectivity index is 0.000000318. The first-order valence-electron chi connectivity index (χ1n) is 10.0. The highest BCUT2D eigenvalue weighted by Crippen LogP contribution is 2.40. The maximum Gasteiger partial charge on any atom is 0.490 e. The third-order valence-electron chi connectivity index (χ3n) is 5.60. The normalized spacial score (nSPS) is 21.7. The Bertz CT molecular complexity index is 874. The lowest BCUT2D eigenvalue weighted by atomic mass is 9.92. The SMILES string of the molecule is CN(C)C1CCC(Oc2cccc3sc4c(c23)CNCC4)CC1.O=C(O)C(F)(F)F. The van der Waals surface area contributed by atoms with Crippen LogP contribution in [0.15, 0.2) is 18.2 Å². The van der Waals surface area contributed by atoms with Gasteiger partial charge in [0.25, 0.3) is 0 Å². The van der Waals surface area contributed by atoms with Crippen molar-refractivity contribution in [3.05, 3.63) is 28.6 Å². The van der Waals surface area contributed by atoms with Gasteiger partial charge in [-0.2, -0.15) is 13.2 Å². The first-order chi connectivity index (χ1) is 14.2. The Morgan fingerprint density at radius 3 is 2.50 bits per heavy atom. The van der Waals surface area contributed by atoms with Gasteiger partial charge in [0.05, 0.1) is 6.10 Å². The minimum absolute atomic E-state index is 0.379. The Kier molecular flexibility index (Phi) is 7.26. The second-order valence-corrected chi connectivity index (χ2v) is 9.01. The van der Waals surface area contributed by atoms with Gasteiger partial charge in [-0.1, -0.05) is 6.07 Å². The van der Waals surface area contributed by atoms with Gasteiger partial charge >= 0.3 is 12.1 Å². The molecule has 0 spiro atoms. The maximum atomic E-state index is 10.6. The molecule has 0 amide bonds. The number of rotatable bonds is 3. The molecular formula is C21H27F3N2O3S. The number of thiophene rings is 1. The zero-order chi connectivity index (χ0) is 21.9. The summed E-state index contributed by atoms with van der Waals surface area (Å²) in [4.78, 5) is 12.8. The summed E-state index contributed by atoms with van der Waals surface area (Å²) in [5.74, 6) is -1.65. The van der Waals surface area contributed by atoms with E-state index < -0.39 is 12.1 Å². The van der Waals surface area contributed by atoms with Gasteiger partial charge in [-0.25, -0.2) is 4.79 Å². The Morgan fingerprint density at radius 2 is 1.90 bits per heavy atom. The largest absolute Gasteiger partial charge is 0.490 e. The van der Waals surface area contributed by atoms with Crippen molar-refractivity contribution in [3.8, 4) is 5.75 Å². The quantitative estimate of drug-likeness (QED) is 0.733. The molecule has 2 N–H and O–H groups in total. The minimum Gasteiger partial charge on any atom is -0.490 e. The first-order valence-corrected chi connectivity index (χ1v) is 10.9. The summed E-state index contributed by atoms with van der Waals surface area (Å²) in [6.07, 6.45) is 1.28. The van der Waals surface area contributed by atoms with Gasteiger partial charge in [0.1, 0.15) is 5.75 Å². The van der Waals surface area contributed by atoms with E-state index in [4.69, 9.17) is 14.6 Å². The van der Waals surface area contributed by atoms with Crippen LogP contribution in [0.4, 0.5) is 13.2 Å². The fourth-order valence-corrected chi connectivity index (χ4v) is 5.23. The molecule has 0 radical (unpaired) electrons. The van der Waals surface area contributed by atoms with E-state index in [-0.39, 0.29) is 0 Å². The van der Waals surface area contributed by atoms with Crippen molar-refractivity contribution >= 4 is 27.4 Å². The number of fused-ring (bicyclic) bond motifs is 3. The third-order valence-corrected chi connectivity index (χ3v) is 6.86. The fourth-order valence-electron chi connectivity index (χ4n) is 3.99. The van der Waals surface area contributed by atoms with E-state index in [0.29, 0.717) is 6.10 Å². The average Bonchev–Trinajstić information content (AvgIpc) is 3.08. The van der Waals surface area contributed by atoms with Crippen molar-refractivity contribution in [3.63, 3.8) is 0 Å². The lowest BCUT2D eigenvalue weighted by Crippen LogP contribution is -2.35. The van der Waals surface area contributed by atoms with E-state index in [1.807, 2.05) is 11.3 Å². The monoisotopic (exact) mass is 444 g/mol. The fraction of sp³-hybridized carbons (Fsp3) is 0.571. The predicted octanol–water partition coefficient (Wildman–Crippen LogP) is 4.43. The number of halogens is 3. The summed E-state index contributed by atoms with van der Waals surface area (Å²) in [5.41, 5.74) is 1.48. The van der Waals surface area contributed by atoms with Crippen LogP contribution in [0.5, 0.6) is 5.75 Å². The van der Waals surface area contributed by atoms with Gasteiger partial charge in [0, 0.05) is 34.1 Å². The van der Waals surface area contributed by atoms with Crippen LogP contribution in [-0.2, 0) is 17.8 Å². The Morgan fingerprint density at radius 1 is 1.23 bits per heavy atom. The molecule has 1 saturated carbocycles. The molecule has 1 aromatic heterocycles. The van der Waals surface area contributed by atoms with Crippen molar-refractivity contribution in [2.24, 2.45) is 0 Å². The molecular weight excluding hydrogens is 417 g/mol. The van der Waals surface area contributed by atoms with Gasteiger partial charge in [-0.15, -0.1) is 11.3 Å². The predicted molar refractivity (Wildman–Crippen MR) is 111 cm³/mol. The molecule has 2 aromatic rings. The second-order valence-electron chi connectivity index (χ2n) is 7.87. The lowest BCUT2D eigenvalue weighted by Gasteiger charge is -2.33. The number of carboxylic acids is 1. The Hall–Kier alpha value is -1.84. The third kappa shape index (κ3) is 5.44. The molecule has 0 unspecified atom stereocenters. The zero-order valence-corrected chi connectivity index (χ0v) is 17.9. The van der Waals surface area contributed by atoms with Crippen molar-refractivity contribution in [1.82, 2.24) is 10.2 Å². The highest BCUT2D eigenvalue weighted by molar-refractivity contribution is 7.19. The summed E-state index contributed by atoms with van der Waals surface area (Å²) < 4.78 is 39.6. The number of nitrogens with zero attached hydrogens (tertiary/aromatic N) is 1. The van der Waals surface area contributed by atoms with Gasteiger partial charge in [0.15, 0.2) is 0 Å². The van der Waals surface area contributed by atoms with Crippen LogP contribution in [-0.4, -0.2) is 54.9 Å². The van der Waals surface area contributed by atoms with Crippen LogP contribution in [0.25, 0.3) is 10.1 Å². The Labute approximate surface area is 177 Å². The molecule has 4 rings (SSSR count). The number of hydrogen-bond acceptors (Lipinski definition) is 5. The number of alkyl halides is 3. The average molecular weight is 445 g/mol. The summed E-state index contributed by atoms with van der Waals surface area (Å²) in [6, 6.07) is 7.29. The molecule has 0 bridgehead atoms. The van der Waals surface area contributed by atoms with E-state index in [1.54, 1.807) is 4.88 Å². The minimum atomic E-state index is -5.08. The molecule has 166 valence electrons. The molecule has 5 nitrogen and oxygen atoms in total. The van der Waals surface area contributed by atoms with E-state index in [0.717, 1.165) is 31.3 Å². The topological polar surface area (TPSA) is 61.8 Å². The zero-order valence-electron chi connectivity index (χ0n) is 17.1. The number of ether oxygens (including phenoxy) is 1. The maximum absolute atomic E-state index is 10.6. The molecule has 2 heterocycles. The lowest BCUT2D eigenvalue weighted by molar-refractivity contribution is -0.192. The number of hydrogen-bond donors (Lipinski definition) is 2. The molecule has 2 aliphatic rings. The van der Waals surface area contributed by atoms with E-state index >= 15 is 0 Å². The highest BCUT2D eigenvalue weighted by Gasteiger charge is 2.38. The number of carboxylic acid groups (broad SMARTS) is 1. The molecule has 1 aromatic carbocycles. The molecule has 1 aliphatic heterocycles. The van der Waals surface area contributed by atoms with Crippen molar-refractivity contribution in [2.45, 2.75) is 57.0 Å². The molecule has 0 saturated heterocycles.